The van der Waals surface area contributed by atoms with Gasteiger partial charge in [0.15, 0.2) is 0 Å². The smallest absolute Gasteiger partial charge is 0.433 e. The highest BCUT2D eigenvalue weighted by Gasteiger charge is 2.32. The van der Waals surface area contributed by atoms with Gasteiger partial charge in [0, 0.05) is 0 Å². The van der Waals surface area contributed by atoms with Crippen LogP contribution >= 0.6 is 0 Å². The number of alkyl halides is 3. The highest BCUT2D eigenvalue weighted by molar-refractivity contribution is 5.56. The Morgan fingerprint density at radius 2 is 2.00 bits per heavy atom. The minimum absolute atomic E-state index is 0.106. The van der Waals surface area contributed by atoms with E-state index in [0.717, 1.165) is 23.9 Å². The van der Waals surface area contributed by atoms with E-state index in [-0.39, 0.29) is 17.1 Å². The molecule has 1 aromatic carbocycles. The molecule has 0 saturated carbocycles. The first-order chi connectivity index (χ1) is 10.9. The molecule has 1 aromatic heterocycles. The predicted octanol–water partition coefficient (Wildman–Crippen LogP) is 4.38. The summed E-state index contributed by atoms with van der Waals surface area (Å²) in [6.45, 7) is 0. The fourth-order valence-corrected chi connectivity index (χ4v) is 1.71. The highest BCUT2D eigenvalue weighted by Crippen LogP contribution is 2.30. The molecule has 0 bridgehead atoms. The summed E-state index contributed by atoms with van der Waals surface area (Å²) in [6, 6.07) is 8.74. The zero-order valence-electron chi connectivity index (χ0n) is 12.0. The Kier molecular flexibility index (Phi) is 4.86. The molecule has 0 aliphatic rings. The largest absolute Gasteiger partial charge is 0.504 e. The van der Waals surface area contributed by atoms with Crippen LogP contribution in [0.15, 0.2) is 42.8 Å². The van der Waals surface area contributed by atoms with Crippen molar-refractivity contribution in [2.24, 2.45) is 0 Å². The summed E-state index contributed by atoms with van der Waals surface area (Å²) < 4.78 is 47.6. The van der Waals surface area contributed by atoms with Gasteiger partial charge in [-0.1, -0.05) is 6.07 Å². The number of hydrogen-bond donors (Lipinski definition) is 0. The van der Waals surface area contributed by atoms with Gasteiger partial charge in [-0.05, 0) is 35.9 Å². The molecule has 1 heterocycles. The van der Waals surface area contributed by atoms with Crippen molar-refractivity contribution in [3.05, 3.63) is 59.6 Å². The third-order valence-corrected chi connectivity index (χ3v) is 2.78. The van der Waals surface area contributed by atoms with E-state index in [9.17, 15) is 13.2 Å². The van der Waals surface area contributed by atoms with Crippen LogP contribution in [-0.2, 0) is 10.9 Å². The van der Waals surface area contributed by atoms with Gasteiger partial charge in [0.05, 0.1) is 25.1 Å². The summed E-state index contributed by atoms with van der Waals surface area (Å²) in [5, 5.41) is 9.15. The Bertz CT molecular complexity index is 747. The zero-order valence-corrected chi connectivity index (χ0v) is 12.0. The summed E-state index contributed by atoms with van der Waals surface area (Å²) in [6.07, 6.45) is -0.435. The zero-order chi connectivity index (χ0) is 16.9. The molecular weight excluding hydrogens is 309 g/mol. The molecule has 118 valence electrons. The van der Waals surface area contributed by atoms with Gasteiger partial charge in [0.2, 0.25) is 0 Å². The quantitative estimate of drug-likeness (QED) is 0.784. The third-order valence-electron chi connectivity index (χ3n) is 2.78. The van der Waals surface area contributed by atoms with Crippen molar-refractivity contribution >= 4 is 6.08 Å². The number of rotatable bonds is 4. The highest BCUT2D eigenvalue weighted by atomic mass is 19.4. The van der Waals surface area contributed by atoms with Crippen LogP contribution in [0, 0.1) is 11.3 Å². The summed E-state index contributed by atoms with van der Waals surface area (Å²) in [7, 11) is 1.50. The monoisotopic (exact) mass is 320 g/mol. The van der Waals surface area contributed by atoms with Crippen LogP contribution in [0.1, 0.15) is 16.8 Å². The van der Waals surface area contributed by atoms with E-state index in [2.05, 4.69) is 4.98 Å². The van der Waals surface area contributed by atoms with E-state index in [0.29, 0.717) is 0 Å². The molecule has 0 aliphatic heterocycles. The molecule has 0 radical (unpaired) electrons. The SMILES string of the molecule is CO/C=C/c1ccc(Oc2ccc(C(F)(F)F)nc2)c(C#N)c1. The van der Waals surface area contributed by atoms with Crippen LogP contribution in [0.3, 0.4) is 0 Å². The Labute approximate surface area is 130 Å². The lowest BCUT2D eigenvalue weighted by Gasteiger charge is -2.09. The van der Waals surface area contributed by atoms with E-state index < -0.39 is 11.9 Å². The second kappa shape index (κ2) is 6.83. The third kappa shape index (κ3) is 4.23. The van der Waals surface area contributed by atoms with Gasteiger partial charge in [-0.25, -0.2) is 4.98 Å². The Morgan fingerprint density at radius 1 is 1.22 bits per heavy atom. The van der Waals surface area contributed by atoms with Crippen LogP contribution in [0.25, 0.3) is 6.08 Å². The second-order valence-corrected chi connectivity index (χ2v) is 4.38. The average molecular weight is 320 g/mol. The van der Waals surface area contributed by atoms with Gasteiger partial charge >= 0.3 is 6.18 Å². The first-order valence-corrected chi connectivity index (χ1v) is 6.38. The summed E-state index contributed by atoms with van der Waals surface area (Å²) >= 11 is 0. The maximum atomic E-state index is 12.4. The lowest BCUT2D eigenvalue weighted by atomic mass is 10.1. The number of ether oxygens (including phenoxy) is 2. The number of hydrogen-bond acceptors (Lipinski definition) is 4. The molecule has 23 heavy (non-hydrogen) atoms. The number of benzene rings is 1. The fourth-order valence-electron chi connectivity index (χ4n) is 1.71. The van der Waals surface area contributed by atoms with Gasteiger partial charge in [0.1, 0.15) is 23.3 Å². The number of aromatic nitrogens is 1. The molecule has 0 amide bonds. The van der Waals surface area contributed by atoms with Gasteiger partial charge in [-0.2, -0.15) is 18.4 Å². The Hall–Kier alpha value is -3.01. The fraction of sp³-hybridized carbons (Fsp3) is 0.125. The van der Waals surface area contributed by atoms with Crippen LogP contribution in [0.4, 0.5) is 13.2 Å². The molecule has 2 rings (SSSR count). The Morgan fingerprint density at radius 3 is 2.57 bits per heavy atom. The van der Waals surface area contributed by atoms with Crippen molar-refractivity contribution in [1.82, 2.24) is 4.98 Å². The number of halogens is 3. The lowest BCUT2D eigenvalue weighted by molar-refractivity contribution is -0.141. The van der Waals surface area contributed by atoms with Crippen LogP contribution < -0.4 is 4.74 Å². The van der Waals surface area contributed by atoms with Crippen LogP contribution in [0.5, 0.6) is 11.5 Å². The lowest BCUT2D eigenvalue weighted by Crippen LogP contribution is -2.07. The number of nitrogens with zero attached hydrogens (tertiary/aromatic N) is 2. The van der Waals surface area contributed by atoms with E-state index in [4.69, 9.17) is 14.7 Å². The van der Waals surface area contributed by atoms with Crippen molar-refractivity contribution in [1.29, 1.82) is 5.26 Å². The van der Waals surface area contributed by atoms with Gasteiger partial charge in [-0.3, -0.25) is 0 Å². The molecule has 0 aliphatic carbocycles. The summed E-state index contributed by atoms with van der Waals surface area (Å²) in [4.78, 5) is 3.30. The molecule has 0 saturated heterocycles. The van der Waals surface area contributed by atoms with Crippen molar-refractivity contribution in [3.63, 3.8) is 0 Å². The van der Waals surface area contributed by atoms with Gasteiger partial charge < -0.3 is 9.47 Å². The average Bonchev–Trinajstić information content (AvgIpc) is 2.53. The van der Waals surface area contributed by atoms with Crippen LogP contribution in [0.2, 0.25) is 0 Å². The van der Waals surface area contributed by atoms with E-state index in [1.54, 1.807) is 24.3 Å². The van der Waals surface area contributed by atoms with Crippen molar-refractivity contribution in [2.45, 2.75) is 6.18 Å². The molecule has 0 fully saturated rings. The van der Waals surface area contributed by atoms with Crippen molar-refractivity contribution in [2.75, 3.05) is 7.11 Å². The topological polar surface area (TPSA) is 55.1 Å². The summed E-state index contributed by atoms with van der Waals surface area (Å²) in [5.74, 6) is 0.332. The second-order valence-electron chi connectivity index (χ2n) is 4.38. The summed E-state index contributed by atoms with van der Waals surface area (Å²) in [5.41, 5.74) is -0.0464. The molecule has 2 aromatic rings. The number of methoxy groups -OCH3 is 1. The molecule has 0 N–H and O–H groups in total. The normalized spacial score (nSPS) is 11.3. The minimum atomic E-state index is -4.51. The molecule has 0 unspecified atom stereocenters. The first-order valence-electron chi connectivity index (χ1n) is 6.38. The first kappa shape index (κ1) is 16.4. The van der Waals surface area contributed by atoms with Crippen LogP contribution in [-0.4, -0.2) is 12.1 Å². The van der Waals surface area contributed by atoms with Crippen molar-refractivity contribution in [3.8, 4) is 17.6 Å². The standard InChI is InChI=1S/C16H11F3N2O2/c1-22-7-6-11-2-4-14(12(8-11)9-20)23-13-3-5-15(21-10-13)16(17,18)19/h2-8,10H,1H3/b7-6+. The molecule has 7 heteroatoms. The number of nitriles is 1. The number of pyridine rings is 1. The van der Waals surface area contributed by atoms with E-state index in [1.807, 2.05) is 6.07 Å². The Balaban J connectivity index is 2.23. The molecule has 4 nitrogen and oxygen atoms in total. The van der Waals surface area contributed by atoms with Gasteiger partial charge in [0.25, 0.3) is 0 Å². The predicted molar refractivity (Wildman–Crippen MR) is 76.5 cm³/mol. The maximum Gasteiger partial charge on any atom is 0.433 e. The van der Waals surface area contributed by atoms with E-state index >= 15 is 0 Å². The van der Waals surface area contributed by atoms with Crippen molar-refractivity contribution < 1.29 is 22.6 Å². The maximum absolute atomic E-state index is 12.4. The molecule has 0 spiro atoms. The minimum Gasteiger partial charge on any atom is -0.504 e. The van der Waals surface area contributed by atoms with E-state index in [1.165, 1.54) is 13.4 Å². The van der Waals surface area contributed by atoms with Gasteiger partial charge in [-0.15, -0.1) is 0 Å². The molecule has 0 atom stereocenters. The molecular formula is C16H11F3N2O2.